The quantitative estimate of drug-likeness (QED) is 0.776. The molecular formula is C16H13ClN4O2. The molecule has 2 amide bonds. The number of halogens is 1. The third kappa shape index (κ3) is 3.02. The number of aromatic nitrogens is 2. The molecule has 0 atom stereocenters. The first kappa shape index (κ1) is 15.1. The molecule has 0 aliphatic carbocycles. The van der Waals surface area contributed by atoms with E-state index in [0.29, 0.717) is 11.3 Å². The monoisotopic (exact) mass is 328 g/mol. The highest BCUT2D eigenvalue weighted by atomic mass is 35.5. The van der Waals surface area contributed by atoms with Gasteiger partial charge in [0.2, 0.25) is 0 Å². The first-order valence-electron chi connectivity index (χ1n) is 6.84. The zero-order valence-corrected chi connectivity index (χ0v) is 13.0. The normalized spacial score (nSPS) is 10.5. The molecule has 0 saturated carbocycles. The summed E-state index contributed by atoms with van der Waals surface area (Å²) in [6.07, 6.45) is 3.42. The van der Waals surface area contributed by atoms with Crippen molar-refractivity contribution in [3.05, 3.63) is 65.2 Å². The summed E-state index contributed by atoms with van der Waals surface area (Å²) in [6, 6.07) is 10.1. The minimum absolute atomic E-state index is 0.245. The van der Waals surface area contributed by atoms with Gasteiger partial charge in [0, 0.05) is 24.3 Å². The molecule has 3 rings (SSSR count). The summed E-state index contributed by atoms with van der Waals surface area (Å²) in [6.45, 7) is 0. The smallest absolute Gasteiger partial charge is 0.274 e. The molecule has 116 valence electrons. The fourth-order valence-corrected chi connectivity index (χ4v) is 2.38. The summed E-state index contributed by atoms with van der Waals surface area (Å²) in [4.78, 5) is 27.9. The number of hydrogen-bond donors (Lipinski definition) is 2. The molecule has 0 radical (unpaired) electrons. The van der Waals surface area contributed by atoms with E-state index in [-0.39, 0.29) is 22.5 Å². The van der Waals surface area contributed by atoms with Crippen LogP contribution >= 0.6 is 11.6 Å². The molecule has 7 heteroatoms. The highest BCUT2D eigenvalue weighted by molar-refractivity contribution is 6.34. The predicted molar refractivity (Wildman–Crippen MR) is 88.0 cm³/mol. The number of carbonyl (C=O) groups excluding carboxylic acids is 2. The summed E-state index contributed by atoms with van der Waals surface area (Å²) >= 11 is 6.12. The molecular weight excluding hydrogens is 316 g/mol. The van der Waals surface area contributed by atoms with Gasteiger partial charge in [-0.2, -0.15) is 0 Å². The van der Waals surface area contributed by atoms with Crippen molar-refractivity contribution in [2.45, 2.75) is 0 Å². The van der Waals surface area contributed by atoms with Gasteiger partial charge < -0.3 is 15.0 Å². The van der Waals surface area contributed by atoms with Crippen molar-refractivity contribution in [1.82, 2.24) is 14.7 Å². The van der Waals surface area contributed by atoms with Crippen LogP contribution in [0.3, 0.4) is 0 Å². The summed E-state index contributed by atoms with van der Waals surface area (Å²) in [5.41, 5.74) is 1.98. The van der Waals surface area contributed by atoms with Crippen LogP contribution in [0.15, 0.2) is 48.9 Å². The van der Waals surface area contributed by atoms with E-state index < -0.39 is 0 Å². The SMILES string of the molecule is CNC(=O)c1ccc(NC(=O)c2cc3cccn3cn2)c(Cl)c1. The topological polar surface area (TPSA) is 75.5 Å². The van der Waals surface area contributed by atoms with Crippen molar-refractivity contribution in [2.24, 2.45) is 0 Å². The number of hydrogen-bond acceptors (Lipinski definition) is 3. The third-order valence-corrected chi connectivity index (χ3v) is 3.67. The van der Waals surface area contributed by atoms with Crippen LogP contribution in [0.1, 0.15) is 20.8 Å². The van der Waals surface area contributed by atoms with Crippen LogP contribution in [-0.2, 0) is 0 Å². The van der Waals surface area contributed by atoms with Crippen molar-refractivity contribution in [3.8, 4) is 0 Å². The first-order valence-corrected chi connectivity index (χ1v) is 7.22. The predicted octanol–water partition coefficient (Wildman–Crippen LogP) is 2.60. The molecule has 0 spiro atoms. The van der Waals surface area contributed by atoms with E-state index in [2.05, 4.69) is 15.6 Å². The molecule has 1 aromatic carbocycles. The van der Waals surface area contributed by atoms with Crippen LogP contribution in [0.2, 0.25) is 5.02 Å². The average Bonchev–Trinajstić information content (AvgIpc) is 3.03. The first-order chi connectivity index (χ1) is 11.1. The van der Waals surface area contributed by atoms with Gasteiger partial charge in [-0.25, -0.2) is 4.98 Å². The van der Waals surface area contributed by atoms with Crippen molar-refractivity contribution in [1.29, 1.82) is 0 Å². The van der Waals surface area contributed by atoms with Gasteiger partial charge in [0.1, 0.15) is 5.69 Å². The minimum atomic E-state index is -0.372. The second-order valence-electron chi connectivity index (χ2n) is 4.84. The molecule has 23 heavy (non-hydrogen) atoms. The van der Waals surface area contributed by atoms with Crippen molar-refractivity contribution in [2.75, 3.05) is 12.4 Å². The Bertz CT molecular complexity index is 904. The molecule has 0 unspecified atom stereocenters. The standard InChI is InChI=1S/C16H13ClN4O2/c1-18-15(22)10-4-5-13(12(17)7-10)20-16(23)14-8-11-3-2-6-21(11)9-19-14/h2-9H,1H3,(H,18,22)(H,20,23). The maximum atomic E-state index is 12.3. The number of rotatable bonds is 3. The molecule has 2 N–H and O–H groups in total. The number of nitrogens with one attached hydrogen (secondary N) is 2. The summed E-state index contributed by atoms with van der Waals surface area (Å²) in [5, 5.41) is 5.49. The molecule has 0 aliphatic heterocycles. The van der Waals surface area contributed by atoms with E-state index in [1.807, 2.05) is 22.7 Å². The second kappa shape index (κ2) is 6.10. The van der Waals surface area contributed by atoms with Crippen LogP contribution in [-0.4, -0.2) is 28.2 Å². The summed E-state index contributed by atoms with van der Waals surface area (Å²) in [5.74, 6) is -0.617. The Labute approximate surface area is 137 Å². The molecule has 6 nitrogen and oxygen atoms in total. The molecule has 2 heterocycles. The zero-order valence-electron chi connectivity index (χ0n) is 12.2. The summed E-state index contributed by atoms with van der Waals surface area (Å²) < 4.78 is 1.81. The lowest BCUT2D eigenvalue weighted by Gasteiger charge is -2.08. The van der Waals surface area contributed by atoms with Gasteiger partial charge in [0.25, 0.3) is 11.8 Å². The van der Waals surface area contributed by atoms with E-state index in [4.69, 9.17) is 11.6 Å². The fourth-order valence-electron chi connectivity index (χ4n) is 2.15. The maximum absolute atomic E-state index is 12.3. The van der Waals surface area contributed by atoms with E-state index in [1.165, 1.54) is 13.1 Å². The molecule has 3 aromatic rings. The van der Waals surface area contributed by atoms with Gasteiger partial charge in [-0.3, -0.25) is 9.59 Å². The molecule has 0 fully saturated rings. The lowest BCUT2D eigenvalue weighted by molar-refractivity contribution is 0.0962. The Balaban J connectivity index is 1.83. The van der Waals surface area contributed by atoms with E-state index in [9.17, 15) is 9.59 Å². The maximum Gasteiger partial charge on any atom is 0.274 e. The van der Waals surface area contributed by atoms with Crippen molar-refractivity contribution in [3.63, 3.8) is 0 Å². The second-order valence-corrected chi connectivity index (χ2v) is 5.25. The van der Waals surface area contributed by atoms with Crippen LogP contribution in [0.5, 0.6) is 0 Å². The van der Waals surface area contributed by atoms with Crippen LogP contribution in [0, 0.1) is 0 Å². The Morgan fingerprint density at radius 3 is 2.74 bits per heavy atom. The van der Waals surface area contributed by atoms with Gasteiger partial charge in [-0.05, 0) is 36.4 Å². The molecule has 0 bridgehead atoms. The highest BCUT2D eigenvalue weighted by Crippen LogP contribution is 2.23. The van der Waals surface area contributed by atoms with Crippen molar-refractivity contribution >= 4 is 34.6 Å². The average molecular weight is 329 g/mol. The van der Waals surface area contributed by atoms with Gasteiger partial charge >= 0.3 is 0 Å². The van der Waals surface area contributed by atoms with E-state index in [1.54, 1.807) is 24.5 Å². The van der Waals surface area contributed by atoms with Gasteiger partial charge in [0.15, 0.2) is 0 Å². The number of nitrogens with zero attached hydrogens (tertiary/aromatic N) is 2. The van der Waals surface area contributed by atoms with Crippen LogP contribution < -0.4 is 10.6 Å². The molecule has 0 aliphatic rings. The largest absolute Gasteiger partial charge is 0.355 e. The number of carbonyl (C=O) groups is 2. The fraction of sp³-hybridized carbons (Fsp3) is 0.0625. The third-order valence-electron chi connectivity index (χ3n) is 3.36. The minimum Gasteiger partial charge on any atom is -0.355 e. The zero-order chi connectivity index (χ0) is 16.4. The highest BCUT2D eigenvalue weighted by Gasteiger charge is 2.12. The Morgan fingerprint density at radius 2 is 2.00 bits per heavy atom. The van der Waals surface area contributed by atoms with Gasteiger partial charge in [0.05, 0.1) is 17.0 Å². The lowest BCUT2D eigenvalue weighted by Crippen LogP contribution is -2.18. The summed E-state index contributed by atoms with van der Waals surface area (Å²) in [7, 11) is 1.54. The van der Waals surface area contributed by atoms with Crippen LogP contribution in [0.25, 0.3) is 5.52 Å². The Hall–Kier alpha value is -2.86. The van der Waals surface area contributed by atoms with Gasteiger partial charge in [-0.1, -0.05) is 11.6 Å². The van der Waals surface area contributed by atoms with Crippen LogP contribution in [0.4, 0.5) is 5.69 Å². The van der Waals surface area contributed by atoms with Crippen molar-refractivity contribution < 1.29 is 9.59 Å². The van der Waals surface area contributed by atoms with E-state index in [0.717, 1.165) is 5.52 Å². The lowest BCUT2D eigenvalue weighted by atomic mass is 10.2. The number of fused-ring (bicyclic) bond motifs is 1. The Morgan fingerprint density at radius 1 is 1.17 bits per heavy atom. The number of anilines is 1. The Kier molecular flexibility index (Phi) is 3.99. The molecule has 2 aromatic heterocycles. The number of amides is 2. The number of benzene rings is 1. The molecule has 0 saturated heterocycles. The van der Waals surface area contributed by atoms with Gasteiger partial charge in [-0.15, -0.1) is 0 Å². The van der Waals surface area contributed by atoms with E-state index >= 15 is 0 Å².